The van der Waals surface area contributed by atoms with E-state index in [9.17, 15) is 0 Å². The fourth-order valence-corrected chi connectivity index (χ4v) is 11.3. The van der Waals surface area contributed by atoms with E-state index in [2.05, 4.69) is 187 Å². The van der Waals surface area contributed by atoms with E-state index in [1.807, 2.05) is 0 Å². The van der Waals surface area contributed by atoms with Crippen LogP contribution in [0.2, 0.25) is 0 Å². The molecule has 6 aromatic carbocycles. The van der Waals surface area contributed by atoms with E-state index in [1.54, 1.807) is 22.7 Å². The number of hydrogen-bond acceptors (Lipinski definition) is 4. The maximum atomic E-state index is 5.24. The van der Waals surface area contributed by atoms with Crippen molar-refractivity contribution in [3.05, 3.63) is 158 Å². The third-order valence-electron chi connectivity index (χ3n) is 11.6. The minimum absolute atomic E-state index is 0.752. The Kier molecular flexibility index (Phi) is 6.34. The summed E-state index contributed by atoms with van der Waals surface area (Å²) in [5, 5.41) is 9.26. The topological polar surface area (TPSA) is 50.4 Å². The van der Waals surface area contributed by atoms with Gasteiger partial charge in [0.1, 0.15) is 22.9 Å². The van der Waals surface area contributed by atoms with Crippen LogP contribution >= 0.6 is 22.7 Å². The van der Waals surface area contributed by atoms with Crippen LogP contribution in [0.3, 0.4) is 0 Å². The highest BCUT2D eigenvalue weighted by Crippen LogP contribution is 2.45. The minimum Gasteiger partial charge on any atom is -0.313 e. The summed E-state index contributed by atoms with van der Waals surface area (Å²) in [5.41, 5.74) is 8.87. The average Bonchev–Trinajstić information content (AvgIpc) is 4.12. The molecule has 7 aromatic heterocycles. The molecule has 0 spiro atoms. The van der Waals surface area contributed by atoms with Crippen molar-refractivity contribution < 1.29 is 0 Å². The van der Waals surface area contributed by atoms with Gasteiger partial charge in [-0.05, 0) is 67.6 Å². The molecule has 0 unspecified atom stereocenters. The molecule has 0 fully saturated rings. The lowest BCUT2D eigenvalue weighted by atomic mass is 10.1. The molecule has 270 valence electrons. The van der Waals surface area contributed by atoms with Crippen molar-refractivity contribution in [2.75, 3.05) is 0 Å². The van der Waals surface area contributed by atoms with Crippen molar-refractivity contribution in [3.8, 4) is 21.9 Å². The van der Waals surface area contributed by atoms with E-state index < -0.39 is 0 Å². The first kappa shape index (κ1) is 31.3. The Hall–Kier alpha value is -6.94. The molecule has 0 amide bonds. The molecule has 9 heteroatoms. The van der Waals surface area contributed by atoms with E-state index in [0.717, 1.165) is 72.8 Å². The van der Waals surface area contributed by atoms with Crippen molar-refractivity contribution in [2.24, 2.45) is 0 Å². The summed E-state index contributed by atoms with van der Waals surface area (Å²) in [7, 11) is 0. The number of aromatic nitrogens is 7. The second-order valence-electron chi connectivity index (χ2n) is 14.5. The van der Waals surface area contributed by atoms with Crippen molar-refractivity contribution in [1.82, 2.24) is 32.8 Å². The zero-order valence-electron chi connectivity index (χ0n) is 30.7. The molecule has 7 heterocycles. The van der Waals surface area contributed by atoms with Crippen LogP contribution in [-0.4, -0.2) is 32.8 Å². The molecule has 57 heavy (non-hydrogen) atoms. The highest BCUT2D eigenvalue weighted by Gasteiger charge is 2.28. The Bertz CT molecular complexity index is 3460. The maximum Gasteiger partial charge on any atom is 0.196 e. The quantitative estimate of drug-likeness (QED) is 0.175. The summed E-state index contributed by atoms with van der Waals surface area (Å²) in [6, 6.07) is 56.7. The van der Waals surface area contributed by atoms with Crippen LogP contribution in [0.4, 0.5) is 0 Å². The lowest BCUT2D eigenvalue weighted by Crippen LogP contribution is -2.11. The van der Waals surface area contributed by atoms with E-state index in [4.69, 9.17) is 9.97 Å². The molecular formula is C48H31N7S2. The third-order valence-corrected chi connectivity index (χ3v) is 13.7. The number of thiazole rings is 2. The normalized spacial score (nSPS) is 12.4. The molecule has 0 radical (unpaired) electrons. The first-order valence-corrected chi connectivity index (χ1v) is 20.9. The molecule has 0 saturated heterocycles. The van der Waals surface area contributed by atoms with Crippen molar-refractivity contribution in [3.63, 3.8) is 0 Å². The van der Waals surface area contributed by atoms with E-state index in [1.165, 1.54) is 41.7 Å². The predicted octanol–water partition coefficient (Wildman–Crippen LogP) is 12.8. The number of hydrogen-bond donors (Lipinski definition) is 0. The number of fused-ring (bicyclic) bond motifs is 12. The van der Waals surface area contributed by atoms with Gasteiger partial charge in [0.2, 0.25) is 0 Å². The van der Waals surface area contributed by atoms with E-state index in [0.29, 0.717) is 0 Å². The van der Waals surface area contributed by atoms with Gasteiger partial charge in [-0.1, -0.05) is 120 Å². The highest BCUT2D eigenvalue weighted by atomic mass is 32.1. The van der Waals surface area contributed by atoms with E-state index in [-0.39, 0.29) is 0 Å². The van der Waals surface area contributed by atoms with Crippen molar-refractivity contribution in [1.29, 1.82) is 0 Å². The Balaban J connectivity index is 1.16. The predicted molar refractivity (Wildman–Crippen MR) is 239 cm³/mol. The Labute approximate surface area is 333 Å². The highest BCUT2D eigenvalue weighted by molar-refractivity contribution is 7.21. The van der Waals surface area contributed by atoms with Crippen molar-refractivity contribution in [2.45, 2.75) is 13.5 Å². The van der Waals surface area contributed by atoms with Gasteiger partial charge in [0, 0.05) is 38.9 Å². The van der Waals surface area contributed by atoms with E-state index >= 15 is 0 Å². The van der Waals surface area contributed by atoms with Gasteiger partial charge < -0.3 is 4.57 Å². The van der Waals surface area contributed by atoms with Crippen molar-refractivity contribution >= 4 is 109 Å². The molecule has 13 aromatic rings. The molecule has 0 bridgehead atoms. The van der Waals surface area contributed by atoms with Crippen LogP contribution in [0.15, 0.2) is 158 Å². The van der Waals surface area contributed by atoms with Crippen LogP contribution in [0, 0.1) is 0 Å². The lowest BCUT2D eigenvalue weighted by Gasteiger charge is -2.17. The molecule has 0 N–H and O–H groups in total. The number of rotatable bonds is 5. The van der Waals surface area contributed by atoms with Crippen LogP contribution in [-0.2, 0) is 6.54 Å². The monoisotopic (exact) mass is 769 g/mol. The van der Waals surface area contributed by atoms with Crippen LogP contribution in [0.1, 0.15) is 6.92 Å². The Morgan fingerprint density at radius 1 is 0.404 bits per heavy atom. The van der Waals surface area contributed by atoms with Gasteiger partial charge in [-0.25, -0.2) is 9.97 Å². The standard InChI is InChI=1S/C48H31N7S2/c1-2-51-41(52-35-21-9-3-15-29(35)43-31-17-5-11-23-37(31)54(45(43)52)47-49-33-19-7-13-25-39(33)56-47)27-28-42(51)53-36-22-10-4-16-30(36)44-32-18-6-12-24-38(32)55(46(44)53)48-50-34-20-8-14-26-40(34)57-48/h3-28H,2H2,1H3. The molecule has 0 aliphatic carbocycles. The minimum atomic E-state index is 0.752. The summed E-state index contributed by atoms with van der Waals surface area (Å²) < 4.78 is 14.5. The van der Waals surface area contributed by atoms with Gasteiger partial charge in [-0.3, -0.25) is 18.3 Å². The molecule has 7 nitrogen and oxygen atoms in total. The molecule has 0 aliphatic rings. The third kappa shape index (κ3) is 4.14. The van der Waals surface area contributed by atoms with Gasteiger partial charge >= 0.3 is 0 Å². The van der Waals surface area contributed by atoms with Gasteiger partial charge in [0.15, 0.2) is 10.3 Å². The second-order valence-corrected chi connectivity index (χ2v) is 16.5. The molecule has 0 atom stereocenters. The molecule has 13 rings (SSSR count). The number of para-hydroxylation sites is 6. The molecule has 0 aliphatic heterocycles. The maximum absolute atomic E-state index is 5.24. The van der Waals surface area contributed by atoms with Gasteiger partial charge in [0.05, 0.1) is 42.5 Å². The zero-order chi connectivity index (χ0) is 37.4. The summed E-state index contributed by atoms with van der Waals surface area (Å²) >= 11 is 3.47. The number of benzene rings is 6. The number of nitrogens with zero attached hydrogens (tertiary/aromatic N) is 7. The fourth-order valence-electron chi connectivity index (χ4n) is 9.32. The zero-order valence-corrected chi connectivity index (χ0v) is 32.3. The van der Waals surface area contributed by atoms with Crippen LogP contribution in [0.5, 0.6) is 0 Å². The first-order chi connectivity index (χ1) is 28.3. The first-order valence-electron chi connectivity index (χ1n) is 19.2. The average molecular weight is 770 g/mol. The Morgan fingerprint density at radius 2 is 0.754 bits per heavy atom. The molecule has 0 saturated carbocycles. The summed E-state index contributed by atoms with van der Waals surface area (Å²) in [5.74, 6) is 2.19. The largest absolute Gasteiger partial charge is 0.313 e. The summed E-state index contributed by atoms with van der Waals surface area (Å²) in [6.45, 7) is 3.01. The summed E-state index contributed by atoms with van der Waals surface area (Å²) in [4.78, 5) is 10.5. The van der Waals surface area contributed by atoms with Gasteiger partial charge in [-0.15, -0.1) is 0 Å². The van der Waals surface area contributed by atoms with Crippen LogP contribution in [0.25, 0.3) is 108 Å². The Morgan fingerprint density at radius 3 is 1.14 bits per heavy atom. The SMILES string of the molecule is CCn1c(-n2c3ccccc3c3c4ccccc4n(-c4nc5ccccc5s4)c32)ccc1-n1c2ccccc2c2c3ccccc3n(-c3nc4ccccc4s3)c21. The van der Waals surface area contributed by atoms with Gasteiger partial charge in [0.25, 0.3) is 0 Å². The lowest BCUT2D eigenvalue weighted by molar-refractivity contribution is 0.718. The van der Waals surface area contributed by atoms with Crippen LogP contribution < -0.4 is 0 Å². The van der Waals surface area contributed by atoms with Gasteiger partial charge in [-0.2, -0.15) is 0 Å². The second kappa shape index (κ2) is 11.5. The molecular weight excluding hydrogens is 739 g/mol. The summed E-state index contributed by atoms with van der Waals surface area (Å²) in [6.07, 6.45) is 0. The fraction of sp³-hybridized carbons (Fsp3) is 0.0417. The smallest absolute Gasteiger partial charge is 0.196 e.